The van der Waals surface area contributed by atoms with E-state index in [1.807, 2.05) is 0 Å². The summed E-state index contributed by atoms with van der Waals surface area (Å²) >= 11 is 6.07. The van der Waals surface area contributed by atoms with Gasteiger partial charge in [0.2, 0.25) is 12.7 Å². The van der Waals surface area contributed by atoms with Gasteiger partial charge in [-0.3, -0.25) is 0 Å². The highest BCUT2D eigenvalue weighted by molar-refractivity contribution is 6.32. The van der Waals surface area contributed by atoms with Gasteiger partial charge in [-0.1, -0.05) is 11.6 Å². The molecular weight excluding hydrogens is 379 g/mol. The lowest BCUT2D eigenvalue weighted by Gasteiger charge is -2.10. The third-order valence-electron chi connectivity index (χ3n) is 3.83. The maximum absolute atomic E-state index is 13.0. The van der Waals surface area contributed by atoms with E-state index in [9.17, 15) is 9.18 Å². The van der Waals surface area contributed by atoms with Crippen LogP contribution in [-0.4, -0.2) is 23.0 Å². The summed E-state index contributed by atoms with van der Waals surface area (Å²) in [6.07, 6.45) is -0.802. The van der Waals surface area contributed by atoms with Crippen molar-refractivity contribution in [3.63, 3.8) is 0 Å². The molecule has 1 aliphatic heterocycles. The molecule has 0 saturated carbocycles. The Kier molecular flexibility index (Phi) is 4.41. The molecule has 0 radical (unpaired) electrons. The van der Waals surface area contributed by atoms with E-state index in [1.54, 1.807) is 6.92 Å². The van der Waals surface area contributed by atoms with Crippen LogP contribution in [0.1, 0.15) is 29.3 Å². The summed E-state index contributed by atoms with van der Waals surface area (Å²) < 4.78 is 34.3. The predicted molar refractivity (Wildman–Crippen MR) is 91.1 cm³/mol. The molecule has 0 N–H and O–H groups in total. The minimum Gasteiger partial charge on any atom is -0.454 e. The highest BCUT2D eigenvalue weighted by Crippen LogP contribution is 2.40. The van der Waals surface area contributed by atoms with Gasteiger partial charge in [0.15, 0.2) is 17.6 Å². The van der Waals surface area contributed by atoms with Crippen LogP contribution < -0.4 is 9.47 Å². The molecule has 0 unspecified atom stereocenters. The zero-order valence-corrected chi connectivity index (χ0v) is 14.7. The van der Waals surface area contributed by atoms with Gasteiger partial charge in [-0.15, -0.1) is 10.2 Å². The molecule has 0 spiro atoms. The topological polar surface area (TPSA) is 83.7 Å². The second kappa shape index (κ2) is 6.88. The van der Waals surface area contributed by atoms with Crippen LogP contribution in [0.4, 0.5) is 4.39 Å². The van der Waals surface area contributed by atoms with Crippen molar-refractivity contribution in [2.24, 2.45) is 0 Å². The quantitative estimate of drug-likeness (QED) is 0.618. The second-order valence-electron chi connectivity index (χ2n) is 5.69. The van der Waals surface area contributed by atoms with Crippen molar-refractivity contribution in [2.45, 2.75) is 13.0 Å². The monoisotopic (exact) mass is 390 g/mol. The van der Waals surface area contributed by atoms with Gasteiger partial charge in [-0.2, -0.15) is 0 Å². The van der Waals surface area contributed by atoms with Crippen molar-refractivity contribution in [2.75, 3.05) is 6.79 Å². The largest absolute Gasteiger partial charge is 0.454 e. The fourth-order valence-corrected chi connectivity index (χ4v) is 2.74. The molecule has 0 amide bonds. The molecule has 4 rings (SSSR count). The molecular formula is C18H12ClFN2O5. The number of ether oxygens (including phenoxy) is 3. The number of carbonyl (C=O) groups is 1. The zero-order valence-electron chi connectivity index (χ0n) is 13.9. The Hall–Kier alpha value is -3.13. The highest BCUT2D eigenvalue weighted by atomic mass is 35.5. The fraction of sp³-hybridized carbons (Fsp3) is 0.167. The number of aromatic nitrogens is 2. The maximum atomic E-state index is 13.0. The molecule has 1 aromatic heterocycles. The standard InChI is InChI=1S/C18H12ClFN2O5/c1-9(16-21-22-17(27-16)10-2-4-12(20)5-3-10)26-18(23)11-6-13(19)15-14(7-11)24-8-25-15/h2-7,9H,8H2,1H3/t9-/m1/s1. The number of esters is 1. The van der Waals surface area contributed by atoms with E-state index in [1.165, 1.54) is 36.4 Å². The number of rotatable bonds is 4. The van der Waals surface area contributed by atoms with Gasteiger partial charge in [-0.05, 0) is 43.3 Å². The summed E-state index contributed by atoms with van der Waals surface area (Å²) in [7, 11) is 0. The summed E-state index contributed by atoms with van der Waals surface area (Å²) in [5, 5.41) is 8.02. The van der Waals surface area contributed by atoms with Crippen LogP contribution in [0.5, 0.6) is 11.5 Å². The summed E-state index contributed by atoms with van der Waals surface area (Å²) in [6.45, 7) is 1.63. The summed E-state index contributed by atoms with van der Waals surface area (Å²) in [6, 6.07) is 8.51. The van der Waals surface area contributed by atoms with Crippen LogP contribution in [0.2, 0.25) is 5.02 Å². The lowest BCUT2D eigenvalue weighted by Crippen LogP contribution is -2.09. The van der Waals surface area contributed by atoms with Crippen LogP contribution >= 0.6 is 11.6 Å². The molecule has 0 aliphatic carbocycles. The predicted octanol–water partition coefficient (Wildman–Crippen LogP) is 4.18. The molecule has 0 saturated heterocycles. The second-order valence-corrected chi connectivity index (χ2v) is 6.10. The first kappa shape index (κ1) is 17.3. The van der Waals surface area contributed by atoms with Crippen molar-refractivity contribution in [1.29, 1.82) is 0 Å². The Morgan fingerprint density at radius 2 is 2.00 bits per heavy atom. The summed E-state index contributed by atoms with van der Waals surface area (Å²) in [4.78, 5) is 12.4. The molecule has 7 nitrogen and oxygen atoms in total. The van der Waals surface area contributed by atoms with Gasteiger partial charge in [0, 0.05) is 5.56 Å². The number of nitrogens with zero attached hydrogens (tertiary/aromatic N) is 2. The summed E-state index contributed by atoms with van der Waals surface area (Å²) in [5.41, 5.74) is 0.755. The normalized spacial score (nSPS) is 13.4. The smallest absolute Gasteiger partial charge is 0.339 e. The summed E-state index contributed by atoms with van der Waals surface area (Å²) in [5.74, 6) is 0.0570. The Morgan fingerprint density at radius 1 is 1.22 bits per heavy atom. The van der Waals surface area contributed by atoms with Gasteiger partial charge in [0.05, 0.1) is 10.6 Å². The van der Waals surface area contributed by atoms with Crippen LogP contribution in [0.3, 0.4) is 0 Å². The minimum atomic E-state index is -0.802. The van der Waals surface area contributed by atoms with Crippen molar-refractivity contribution >= 4 is 17.6 Å². The van der Waals surface area contributed by atoms with E-state index in [4.69, 9.17) is 30.2 Å². The lowest BCUT2D eigenvalue weighted by atomic mass is 10.2. The van der Waals surface area contributed by atoms with Gasteiger partial charge in [-0.25, -0.2) is 9.18 Å². The number of fused-ring (bicyclic) bond motifs is 1. The van der Waals surface area contributed by atoms with Gasteiger partial charge in [0.25, 0.3) is 5.89 Å². The third kappa shape index (κ3) is 3.43. The van der Waals surface area contributed by atoms with Crippen molar-refractivity contribution in [3.8, 4) is 23.0 Å². The first-order chi connectivity index (χ1) is 13.0. The minimum absolute atomic E-state index is 0.0398. The van der Waals surface area contributed by atoms with Crippen LogP contribution in [0.25, 0.3) is 11.5 Å². The van der Waals surface area contributed by atoms with E-state index in [0.29, 0.717) is 17.1 Å². The molecule has 0 bridgehead atoms. The van der Waals surface area contributed by atoms with Crippen LogP contribution in [0.15, 0.2) is 40.8 Å². The average Bonchev–Trinajstić information content (AvgIpc) is 3.32. The molecule has 27 heavy (non-hydrogen) atoms. The first-order valence-electron chi connectivity index (χ1n) is 7.91. The number of halogens is 2. The lowest BCUT2D eigenvalue weighted by molar-refractivity contribution is 0.0279. The molecule has 0 fully saturated rings. The molecule has 2 aromatic carbocycles. The van der Waals surface area contributed by atoms with Gasteiger partial charge >= 0.3 is 5.97 Å². The molecule has 1 aliphatic rings. The number of hydrogen-bond acceptors (Lipinski definition) is 7. The van der Waals surface area contributed by atoms with E-state index >= 15 is 0 Å². The Balaban J connectivity index is 1.49. The van der Waals surface area contributed by atoms with Crippen LogP contribution in [-0.2, 0) is 4.74 Å². The average molecular weight is 391 g/mol. The van der Waals surface area contributed by atoms with Crippen LogP contribution in [0, 0.1) is 5.82 Å². The maximum Gasteiger partial charge on any atom is 0.339 e. The van der Waals surface area contributed by atoms with E-state index in [0.717, 1.165) is 0 Å². The molecule has 1 atom stereocenters. The number of carbonyl (C=O) groups excluding carboxylic acids is 1. The SMILES string of the molecule is C[C@@H](OC(=O)c1cc(Cl)c2c(c1)OCO2)c1nnc(-c2ccc(F)cc2)o1. The zero-order chi connectivity index (χ0) is 19.0. The number of hydrogen-bond donors (Lipinski definition) is 0. The highest BCUT2D eigenvalue weighted by Gasteiger charge is 2.24. The van der Waals surface area contributed by atoms with Gasteiger partial charge in [0.1, 0.15) is 5.82 Å². The molecule has 2 heterocycles. The van der Waals surface area contributed by atoms with E-state index in [-0.39, 0.29) is 35.0 Å². The fourth-order valence-electron chi connectivity index (χ4n) is 2.47. The Morgan fingerprint density at radius 3 is 2.78 bits per heavy atom. The molecule has 3 aromatic rings. The van der Waals surface area contributed by atoms with E-state index in [2.05, 4.69) is 10.2 Å². The number of benzene rings is 2. The van der Waals surface area contributed by atoms with Crippen molar-refractivity contribution in [1.82, 2.24) is 10.2 Å². The molecule has 9 heteroatoms. The van der Waals surface area contributed by atoms with Crippen molar-refractivity contribution < 1.29 is 27.8 Å². The Bertz CT molecular complexity index is 1010. The van der Waals surface area contributed by atoms with Crippen molar-refractivity contribution in [3.05, 3.63) is 58.7 Å². The first-order valence-corrected chi connectivity index (χ1v) is 8.28. The van der Waals surface area contributed by atoms with E-state index < -0.39 is 12.1 Å². The Labute approximate surface area is 157 Å². The third-order valence-corrected chi connectivity index (χ3v) is 4.11. The molecule has 138 valence electrons. The van der Waals surface area contributed by atoms with Gasteiger partial charge < -0.3 is 18.6 Å².